The van der Waals surface area contributed by atoms with Gasteiger partial charge in [0.15, 0.2) is 5.96 Å². The van der Waals surface area contributed by atoms with Crippen molar-refractivity contribution in [2.75, 3.05) is 45.8 Å². The van der Waals surface area contributed by atoms with Crippen molar-refractivity contribution >= 4 is 35.6 Å². The fraction of sp³-hybridized carbons (Fsp3) is 0.381. The van der Waals surface area contributed by atoms with Crippen molar-refractivity contribution in [3.63, 3.8) is 0 Å². The van der Waals surface area contributed by atoms with Gasteiger partial charge in [-0.15, -0.1) is 24.0 Å². The number of anilines is 1. The molecule has 0 aliphatic heterocycles. The van der Waals surface area contributed by atoms with E-state index in [2.05, 4.69) is 15.6 Å². The lowest BCUT2D eigenvalue weighted by molar-refractivity contribution is 0.172. The van der Waals surface area contributed by atoms with E-state index >= 15 is 0 Å². The molecule has 0 amide bonds. The molecule has 0 heterocycles. The SMILES string of the molecule is CN=C(NCCCOc1ccccc1)Nc1cccc(OCCCOC)c1.I. The summed E-state index contributed by atoms with van der Waals surface area (Å²) in [4.78, 5) is 4.25. The zero-order valence-corrected chi connectivity index (χ0v) is 18.8. The summed E-state index contributed by atoms with van der Waals surface area (Å²) in [5, 5.41) is 6.56. The highest BCUT2D eigenvalue weighted by Crippen LogP contribution is 2.17. The van der Waals surface area contributed by atoms with Gasteiger partial charge in [0.05, 0.1) is 13.2 Å². The summed E-state index contributed by atoms with van der Waals surface area (Å²) in [6.45, 7) is 2.74. The van der Waals surface area contributed by atoms with Crippen LogP contribution in [-0.2, 0) is 4.74 Å². The molecule has 2 aromatic carbocycles. The van der Waals surface area contributed by atoms with E-state index in [1.165, 1.54) is 0 Å². The normalized spacial score (nSPS) is 10.7. The number of benzene rings is 2. The van der Waals surface area contributed by atoms with E-state index in [4.69, 9.17) is 14.2 Å². The highest BCUT2D eigenvalue weighted by molar-refractivity contribution is 14.0. The first-order valence-corrected chi connectivity index (χ1v) is 9.19. The van der Waals surface area contributed by atoms with Gasteiger partial charge in [0.25, 0.3) is 0 Å². The Bertz CT molecular complexity index is 684. The number of methoxy groups -OCH3 is 1. The van der Waals surface area contributed by atoms with E-state index in [0.717, 1.165) is 36.6 Å². The topological polar surface area (TPSA) is 64.1 Å². The fourth-order valence-electron chi connectivity index (χ4n) is 2.36. The standard InChI is InChI=1S/C21H29N3O3.HI/c1-22-21(23-13-7-15-26-19-10-4-3-5-11-19)24-18-9-6-12-20(17-18)27-16-8-14-25-2;/h3-6,9-12,17H,7-8,13-16H2,1-2H3,(H2,22,23,24);1H. The van der Waals surface area contributed by atoms with E-state index < -0.39 is 0 Å². The molecule has 0 spiro atoms. The Labute approximate surface area is 184 Å². The Kier molecular flexibility index (Phi) is 12.9. The first-order valence-electron chi connectivity index (χ1n) is 9.19. The molecule has 0 aliphatic rings. The van der Waals surface area contributed by atoms with Crippen LogP contribution in [0.15, 0.2) is 59.6 Å². The first kappa shape index (κ1) is 24.0. The Morgan fingerprint density at radius 3 is 2.36 bits per heavy atom. The van der Waals surface area contributed by atoms with Crippen LogP contribution in [0.1, 0.15) is 12.8 Å². The van der Waals surface area contributed by atoms with Crippen LogP contribution in [-0.4, -0.2) is 46.5 Å². The van der Waals surface area contributed by atoms with Gasteiger partial charge >= 0.3 is 0 Å². The number of ether oxygens (including phenoxy) is 3. The molecule has 0 saturated heterocycles. The smallest absolute Gasteiger partial charge is 0.195 e. The van der Waals surface area contributed by atoms with E-state index in [1.54, 1.807) is 14.2 Å². The number of rotatable bonds is 11. The molecule has 0 unspecified atom stereocenters. The second kappa shape index (κ2) is 15.0. The molecule has 0 saturated carbocycles. The van der Waals surface area contributed by atoms with E-state index in [0.29, 0.717) is 25.8 Å². The highest BCUT2D eigenvalue weighted by Gasteiger charge is 2.01. The number of para-hydroxylation sites is 1. The number of aliphatic imine (C=N–C) groups is 1. The van der Waals surface area contributed by atoms with E-state index in [1.807, 2.05) is 54.6 Å². The Morgan fingerprint density at radius 1 is 0.893 bits per heavy atom. The third-order valence-electron chi connectivity index (χ3n) is 3.71. The maximum Gasteiger partial charge on any atom is 0.195 e. The molecular weight excluding hydrogens is 469 g/mol. The molecular formula is C21H30IN3O3. The van der Waals surface area contributed by atoms with Crippen molar-refractivity contribution in [1.29, 1.82) is 0 Å². The second-order valence-corrected chi connectivity index (χ2v) is 5.86. The summed E-state index contributed by atoms with van der Waals surface area (Å²) in [7, 11) is 3.44. The van der Waals surface area contributed by atoms with E-state index in [-0.39, 0.29) is 24.0 Å². The number of halogens is 1. The third-order valence-corrected chi connectivity index (χ3v) is 3.71. The molecule has 0 bridgehead atoms. The molecule has 154 valence electrons. The predicted octanol–water partition coefficient (Wildman–Crippen LogP) is 4.18. The van der Waals surface area contributed by atoms with Gasteiger partial charge in [-0.25, -0.2) is 0 Å². The number of hydrogen-bond acceptors (Lipinski definition) is 4. The zero-order valence-electron chi connectivity index (χ0n) is 16.5. The van der Waals surface area contributed by atoms with Crippen molar-refractivity contribution in [2.24, 2.45) is 4.99 Å². The number of nitrogens with one attached hydrogen (secondary N) is 2. The summed E-state index contributed by atoms with van der Waals surface area (Å²) in [6, 6.07) is 17.7. The Hall–Kier alpha value is -2.00. The molecule has 28 heavy (non-hydrogen) atoms. The average molecular weight is 499 g/mol. The Balaban J connectivity index is 0.00000392. The lowest BCUT2D eigenvalue weighted by atomic mass is 10.3. The lowest BCUT2D eigenvalue weighted by Gasteiger charge is -2.13. The van der Waals surface area contributed by atoms with Gasteiger partial charge in [0, 0.05) is 45.5 Å². The summed E-state index contributed by atoms with van der Waals surface area (Å²) in [5.41, 5.74) is 0.924. The number of guanidine groups is 1. The lowest BCUT2D eigenvalue weighted by Crippen LogP contribution is -2.32. The molecule has 0 atom stereocenters. The third kappa shape index (κ3) is 9.80. The van der Waals surface area contributed by atoms with E-state index in [9.17, 15) is 0 Å². The van der Waals surface area contributed by atoms with Gasteiger partial charge in [-0.2, -0.15) is 0 Å². The van der Waals surface area contributed by atoms with Gasteiger partial charge in [0.1, 0.15) is 11.5 Å². The van der Waals surface area contributed by atoms with Crippen LogP contribution in [0.3, 0.4) is 0 Å². The minimum atomic E-state index is 0. The molecule has 2 rings (SSSR count). The fourth-order valence-corrected chi connectivity index (χ4v) is 2.36. The summed E-state index contributed by atoms with van der Waals surface area (Å²) >= 11 is 0. The van der Waals surface area contributed by atoms with Gasteiger partial charge < -0.3 is 24.8 Å². The van der Waals surface area contributed by atoms with Crippen molar-refractivity contribution in [3.8, 4) is 11.5 Å². The van der Waals surface area contributed by atoms with Gasteiger partial charge in [0.2, 0.25) is 0 Å². The summed E-state index contributed by atoms with van der Waals surface area (Å²) in [5.74, 6) is 2.43. The van der Waals surface area contributed by atoms with Crippen LogP contribution in [0.5, 0.6) is 11.5 Å². The first-order chi connectivity index (χ1) is 13.3. The van der Waals surface area contributed by atoms with Crippen LogP contribution in [0, 0.1) is 0 Å². The van der Waals surface area contributed by atoms with Crippen LogP contribution in [0.25, 0.3) is 0 Å². The molecule has 2 aromatic rings. The maximum atomic E-state index is 5.72. The molecule has 2 N–H and O–H groups in total. The quantitative estimate of drug-likeness (QED) is 0.210. The summed E-state index contributed by atoms with van der Waals surface area (Å²) in [6.07, 6.45) is 1.74. The van der Waals surface area contributed by atoms with Crippen molar-refractivity contribution in [1.82, 2.24) is 5.32 Å². The second-order valence-electron chi connectivity index (χ2n) is 5.86. The molecule has 6 nitrogen and oxygen atoms in total. The zero-order chi connectivity index (χ0) is 19.2. The van der Waals surface area contributed by atoms with Crippen molar-refractivity contribution < 1.29 is 14.2 Å². The molecule has 7 heteroatoms. The molecule has 0 aliphatic carbocycles. The van der Waals surface area contributed by atoms with Crippen LogP contribution in [0.2, 0.25) is 0 Å². The largest absolute Gasteiger partial charge is 0.494 e. The van der Waals surface area contributed by atoms with Crippen LogP contribution >= 0.6 is 24.0 Å². The maximum absolute atomic E-state index is 5.72. The predicted molar refractivity (Wildman–Crippen MR) is 125 cm³/mol. The van der Waals surface area contributed by atoms with Crippen molar-refractivity contribution in [3.05, 3.63) is 54.6 Å². The van der Waals surface area contributed by atoms with Gasteiger partial charge in [-0.05, 0) is 30.7 Å². The molecule has 0 radical (unpaired) electrons. The monoisotopic (exact) mass is 499 g/mol. The number of hydrogen-bond donors (Lipinski definition) is 2. The number of nitrogens with zero attached hydrogens (tertiary/aromatic N) is 1. The van der Waals surface area contributed by atoms with Gasteiger partial charge in [-0.1, -0.05) is 24.3 Å². The average Bonchev–Trinajstić information content (AvgIpc) is 2.71. The minimum absolute atomic E-state index is 0. The summed E-state index contributed by atoms with van der Waals surface area (Å²) < 4.78 is 16.4. The Morgan fingerprint density at radius 2 is 1.61 bits per heavy atom. The molecule has 0 aromatic heterocycles. The molecule has 0 fully saturated rings. The van der Waals surface area contributed by atoms with Crippen LogP contribution < -0.4 is 20.1 Å². The van der Waals surface area contributed by atoms with Crippen molar-refractivity contribution in [2.45, 2.75) is 12.8 Å². The minimum Gasteiger partial charge on any atom is -0.494 e. The van der Waals surface area contributed by atoms with Gasteiger partial charge in [-0.3, -0.25) is 4.99 Å². The van der Waals surface area contributed by atoms with Crippen LogP contribution in [0.4, 0.5) is 5.69 Å². The highest BCUT2D eigenvalue weighted by atomic mass is 127.